The molecule has 0 amide bonds. The van der Waals surface area contributed by atoms with Crippen LogP contribution in [0.2, 0.25) is 0 Å². The first-order chi connectivity index (χ1) is 35.2. The summed E-state index contributed by atoms with van der Waals surface area (Å²) in [5.74, 6) is -1.14. The van der Waals surface area contributed by atoms with E-state index in [1.54, 1.807) is 0 Å². The minimum atomic E-state index is -4.10. The Hall–Kier alpha value is -0.540. The van der Waals surface area contributed by atoms with Crippen LogP contribution < -0.4 is 5.32 Å². The van der Waals surface area contributed by atoms with Gasteiger partial charge in [-0.05, 0) is 81.2 Å². The second-order valence-electron chi connectivity index (χ2n) is 23.0. The molecular weight excluding hydrogens is 924 g/mol. The highest BCUT2D eigenvalue weighted by atomic mass is 31.2. The Morgan fingerprint density at radius 3 is 0.589 bits per heavy atom. The van der Waals surface area contributed by atoms with Gasteiger partial charge in [0.25, 0.3) is 0 Å². The van der Waals surface area contributed by atoms with Crippen molar-refractivity contribution in [1.82, 2.24) is 20.0 Å². The van der Waals surface area contributed by atoms with E-state index in [1.807, 2.05) is 0 Å². The SMILES string of the molecule is CCCCCCCCCCCCCCCCCCN(C)C.CCCCCCCCCCCCCCCCCCN(C)C.CCCCCCCCCCCCCCCCCCN(C)C.O=C(O)CNCP(=O)(O)O. The van der Waals surface area contributed by atoms with Gasteiger partial charge in [0.2, 0.25) is 0 Å². The molecule has 0 fully saturated rings. The summed E-state index contributed by atoms with van der Waals surface area (Å²) < 4.78 is 10.1. The maximum atomic E-state index is 10.1. The molecule has 0 atom stereocenters. The standard InChI is InChI=1S/3C20H43N.C3H8NO5P/c3*1-4-5-6-7-8-9-10-11-12-13-14-15-16-17-18-19-20-21(2)3;5-3(6)1-4-2-10(7,8)9/h3*4-20H2,1-3H3;4H,1-2H2,(H,5,6)(H2,7,8,9). The Morgan fingerprint density at radius 1 is 0.315 bits per heavy atom. The van der Waals surface area contributed by atoms with Crippen molar-refractivity contribution >= 4 is 13.6 Å². The van der Waals surface area contributed by atoms with Gasteiger partial charge in [-0.2, -0.15) is 0 Å². The van der Waals surface area contributed by atoms with Crippen molar-refractivity contribution in [2.75, 3.05) is 74.8 Å². The van der Waals surface area contributed by atoms with Gasteiger partial charge in [0.05, 0.1) is 12.8 Å². The molecule has 0 rings (SSSR count). The number of carboxylic acids is 1. The summed E-state index contributed by atoms with van der Waals surface area (Å²) in [5.41, 5.74) is 0. The number of unbranched alkanes of at least 4 members (excludes halogenated alkanes) is 45. The van der Waals surface area contributed by atoms with E-state index in [2.05, 4.69) is 83.1 Å². The normalized spacial score (nSPS) is 11.4. The van der Waals surface area contributed by atoms with Crippen LogP contribution >= 0.6 is 7.60 Å². The molecule has 0 aliphatic rings. The number of nitrogens with zero attached hydrogens (tertiary/aromatic N) is 3. The average molecular weight is 1060 g/mol. The second kappa shape index (κ2) is 69.5. The van der Waals surface area contributed by atoms with E-state index >= 15 is 0 Å². The fraction of sp³-hybridized carbons (Fsp3) is 0.984. The molecule has 0 spiro atoms. The van der Waals surface area contributed by atoms with E-state index in [1.165, 1.54) is 328 Å². The number of carboxylic acid groups (broad SMARTS) is 1. The van der Waals surface area contributed by atoms with Gasteiger partial charge >= 0.3 is 13.6 Å². The van der Waals surface area contributed by atoms with Crippen molar-refractivity contribution < 1.29 is 24.3 Å². The molecule has 73 heavy (non-hydrogen) atoms. The first kappa shape index (κ1) is 78.9. The summed E-state index contributed by atoms with van der Waals surface area (Å²) in [7, 11) is 8.93. The van der Waals surface area contributed by atoms with Crippen LogP contribution in [0.4, 0.5) is 0 Å². The molecule has 0 aromatic heterocycles. The van der Waals surface area contributed by atoms with Crippen LogP contribution in [0.1, 0.15) is 329 Å². The molecule has 0 aromatic rings. The summed E-state index contributed by atoms with van der Waals surface area (Å²) in [6.07, 6.45) is 69.3. The van der Waals surface area contributed by atoms with E-state index in [4.69, 9.17) is 14.9 Å². The van der Waals surface area contributed by atoms with Crippen LogP contribution in [0.15, 0.2) is 0 Å². The van der Waals surface area contributed by atoms with Gasteiger partial charge in [-0.25, -0.2) is 0 Å². The molecule has 0 unspecified atom stereocenters. The molecule has 0 heterocycles. The van der Waals surface area contributed by atoms with Crippen LogP contribution in [0.3, 0.4) is 0 Å². The largest absolute Gasteiger partial charge is 0.480 e. The predicted molar refractivity (Wildman–Crippen MR) is 327 cm³/mol. The van der Waals surface area contributed by atoms with Crippen LogP contribution in [0, 0.1) is 0 Å². The fourth-order valence-corrected chi connectivity index (χ4v) is 9.64. The smallest absolute Gasteiger partial charge is 0.339 e. The minimum absolute atomic E-state index is 0.439. The van der Waals surface area contributed by atoms with E-state index in [0.717, 1.165) is 0 Å². The van der Waals surface area contributed by atoms with Crippen LogP contribution in [0.5, 0.6) is 0 Å². The van der Waals surface area contributed by atoms with Gasteiger partial charge < -0.3 is 29.6 Å². The molecule has 0 radical (unpaired) electrons. The lowest BCUT2D eigenvalue weighted by atomic mass is 10.0. The van der Waals surface area contributed by atoms with E-state index < -0.39 is 26.4 Å². The molecule has 0 bridgehead atoms. The predicted octanol–water partition coefficient (Wildman–Crippen LogP) is 19.2. The van der Waals surface area contributed by atoms with Crippen LogP contribution in [-0.2, 0) is 9.36 Å². The van der Waals surface area contributed by atoms with Crippen molar-refractivity contribution in [2.45, 2.75) is 329 Å². The van der Waals surface area contributed by atoms with E-state index in [9.17, 15) is 9.36 Å². The fourth-order valence-electron chi connectivity index (χ4n) is 9.24. The molecule has 9 nitrogen and oxygen atoms in total. The number of nitrogens with one attached hydrogen (secondary N) is 1. The third-order valence-corrected chi connectivity index (χ3v) is 14.6. The summed E-state index contributed by atoms with van der Waals surface area (Å²) >= 11 is 0. The molecule has 10 heteroatoms. The lowest BCUT2D eigenvalue weighted by Gasteiger charge is -2.08. The lowest BCUT2D eigenvalue weighted by Crippen LogP contribution is -2.23. The maximum Gasteiger partial charge on any atom is 0.339 e. The Kier molecular flexibility index (Phi) is 75.1. The zero-order chi connectivity index (χ0) is 55.0. The van der Waals surface area contributed by atoms with Crippen molar-refractivity contribution in [3.05, 3.63) is 0 Å². The highest BCUT2D eigenvalue weighted by molar-refractivity contribution is 7.51. The van der Waals surface area contributed by atoms with E-state index in [0.29, 0.717) is 0 Å². The summed E-state index contributed by atoms with van der Waals surface area (Å²) in [4.78, 5) is 33.0. The zero-order valence-electron chi connectivity index (χ0n) is 51.4. The van der Waals surface area contributed by atoms with Gasteiger partial charge in [-0.1, -0.05) is 310 Å². The molecule has 0 saturated carbocycles. The van der Waals surface area contributed by atoms with Crippen molar-refractivity contribution in [3.8, 4) is 0 Å². The number of hydrogen-bond acceptors (Lipinski definition) is 6. The van der Waals surface area contributed by atoms with Gasteiger partial charge in [-0.3, -0.25) is 14.7 Å². The highest BCUT2D eigenvalue weighted by Crippen LogP contribution is 2.31. The number of hydrogen-bond donors (Lipinski definition) is 4. The van der Waals surface area contributed by atoms with E-state index in [-0.39, 0.29) is 0 Å². The minimum Gasteiger partial charge on any atom is -0.480 e. The summed E-state index contributed by atoms with van der Waals surface area (Å²) in [6.45, 7) is 10.2. The van der Waals surface area contributed by atoms with Crippen molar-refractivity contribution in [3.63, 3.8) is 0 Å². The molecule has 0 saturated heterocycles. The van der Waals surface area contributed by atoms with Gasteiger partial charge in [0, 0.05) is 0 Å². The zero-order valence-corrected chi connectivity index (χ0v) is 52.3. The lowest BCUT2D eigenvalue weighted by molar-refractivity contribution is -0.135. The highest BCUT2D eigenvalue weighted by Gasteiger charge is 2.11. The molecule has 444 valence electrons. The number of carbonyl (C=O) groups is 1. The Balaban J connectivity index is -0.000000447. The molecule has 0 aromatic carbocycles. The van der Waals surface area contributed by atoms with Crippen molar-refractivity contribution in [1.29, 1.82) is 0 Å². The Labute approximate surface area is 459 Å². The van der Waals surface area contributed by atoms with Gasteiger partial charge in [0.15, 0.2) is 0 Å². The molecule has 0 aliphatic carbocycles. The first-order valence-corrected chi connectivity index (χ1v) is 33.9. The number of rotatable bonds is 55. The average Bonchev–Trinajstić information content (AvgIpc) is 3.33. The third kappa shape index (κ3) is 94.3. The molecule has 4 N–H and O–H groups in total. The first-order valence-electron chi connectivity index (χ1n) is 32.1. The Morgan fingerprint density at radius 2 is 0.466 bits per heavy atom. The second-order valence-corrected chi connectivity index (χ2v) is 24.6. The topological polar surface area (TPSA) is 117 Å². The maximum absolute atomic E-state index is 10.1. The van der Waals surface area contributed by atoms with Crippen LogP contribution in [0.25, 0.3) is 0 Å². The number of aliphatic carboxylic acids is 1. The molecule has 0 aliphatic heterocycles. The monoisotopic (exact) mass is 1060 g/mol. The van der Waals surface area contributed by atoms with Gasteiger partial charge in [0.1, 0.15) is 0 Å². The Bertz CT molecular complexity index is 935. The van der Waals surface area contributed by atoms with Crippen molar-refractivity contribution in [2.24, 2.45) is 0 Å². The summed E-state index contributed by atoms with van der Waals surface area (Å²) in [5, 5.41) is 10.1. The third-order valence-electron chi connectivity index (χ3n) is 14.0. The van der Waals surface area contributed by atoms with Gasteiger partial charge in [-0.15, -0.1) is 0 Å². The molecular formula is C63H137N4O5P. The quantitative estimate of drug-likeness (QED) is 0.0349. The summed E-state index contributed by atoms with van der Waals surface area (Å²) in [6, 6.07) is 0. The van der Waals surface area contributed by atoms with Crippen LogP contribution in [-0.4, -0.2) is 110 Å².